The summed E-state index contributed by atoms with van der Waals surface area (Å²) in [6, 6.07) is 10.2. The number of hydrogen-bond donors (Lipinski definition) is 2. The van der Waals surface area contributed by atoms with Crippen LogP contribution in [0.5, 0.6) is 0 Å². The Morgan fingerprint density at radius 1 is 1.24 bits per heavy atom. The van der Waals surface area contributed by atoms with Crippen molar-refractivity contribution in [3.63, 3.8) is 0 Å². The second-order valence-electron chi connectivity index (χ2n) is 5.46. The van der Waals surface area contributed by atoms with Gasteiger partial charge in [-0.1, -0.05) is 42.5 Å². The van der Waals surface area contributed by atoms with Crippen molar-refractivity contribution in [3.8, 4) is 0 Å². The molecule has 0 spiro atoms. The van der Waals surface area contributed by atoms with Crippen LogP contribution in [0, 0.1) is 0 Å². The average Bonchev–Trinajstić information content (AvgIpc) is 2.53. The highest BCUT2D eigenvalue weighted by Crippen LogP contribution is 2.26. The number of carbonyl (C=O) groups excluding carboxylic acids is 1. The molecule has 2 rings (SSSR count). The molecule has 0 radical (unpaired) electrons. The minimum absolute atomic E-state index is 0.000242. The van der Waals surface area contributed by atoms with Crippen LogP contribution >= 0.6 is 11.8 Å². The van der Waals surface area contributed by atoms with Gasteiger partial charge in [0.05, 0.1) is 12.1 Å². The highest BCUT2D eigenvalue weighted by molar-refractivity contribution is 7.99. The Bertz CT molecular complexity index is 467. The molecule has 2 N–H and O–H groups in total. The lowest BCUT2D eigenvalue weighted by atomic mass is 9.93. The second-order valence-corrected chi connectivity index (χ2v) is 6.69. The highest BCUT2D eigenvalue weighted by Gasteiger charge is 2.32. The molecule has 1 heterocycles. The zero-order valence-corrected chi connectivity index (χ0v) is 13.1. The lowest BCUT2D eigenvalue weighted by molar-refractivity contribution is -0.122. The lowest BCUT2D eigenvalue weighted by Crippen LogP contribution is -2.53. The minimum Gasteiger partial charge on any atom is -0.394 e. The summed E-state index contributed by atoms with van der Waals surface area (Å²) in [6.07, 6.45) is 6.86. The summed E-state index contributed by atoms with van der Waals surface area (Å²) in [5.41, 5.74) is 0.848. The third-order valence-corrected chi connectivity index (χ3v) is 4.81. The molecule has 21 heavy (non-hydrogen) atoms. The molecule has 1 fully saturated rings. The van der Waals surface area contributed by atoms with Crippen LogP contribution in [0.4, 0.5) is 0 Å². The van der Waals surface area contributed by atoms with E-state index >= 15 is 0 Å². The normalized spacial score (nSPS) is 17.8. The Labute approximate surface area is 130 Å². The Kier molecular flexibility index (Phi) is 6.33. The van der Waals surface area contributed by atoms with E-state index in [4.69, 9.17) is 0 Å². The van der Waals surface area contributed by atoms with Crippen molar-refractivity contribution in [1.29, 1.82) is 0 Å². The molecule has 1 amide bonds. The summed E-state index contributed by atoms with van der Waals surface area (Å²) < 4.78 is 0. The van der Waals surface area contributed by atoms with Crippen molar-refractivity contribution in [2.75, 3.05) is 18.1 Å². The maximum absolute atomic E-state index is 12.0. The minimum atomic E-state index is -0.393. The van der Waals surface area contributed by atoms with Crippen LogP contribution in [0.15, 0.2) is 42.5 Å². The zero-order valence-electron chi connectivity index (χ0n) is 12.3. The number of nitrogens with one attached hydrogen (secondary N) is 1. The molecule has 0 saturated carbocycles. The van der Waals surface area contributed by atoms with E-state index in [0.29, 0.717) is 6.42 Å². The number of amides is 1. The Morgan fingerprint density at radius 2 is 1.95 bits per heavy atom. The first-order chi connectivity index (χ1) is 10.2. The van der Waals surface area contributed by atoms with Gasteiger partial charge in [0.2, 0.25) is 5.91 Å². The largest absolute Gasteiger partial charge is 0.394 e. The van der Waals surface area contributed by atoms with Gasteiger partial charge in [-0.2, -0.15) is 11.8 Å². The van der Waals surface area contributed by atoms with Crippen LogP contribution in [0.3, 0.4) is 0 Å². The molecule has 114 valence electrons. The molecule has 1 aromatic rings. The predicted molar refractivity (Wildman–Crippen MR) is 88.4 cm³/mol. The van der Waals surface area contributed by atoms with Gasteiger partial charge in [-0.25, -0.2) is 0 Å². The summed E-state index contributed by atoms with van der Waals surface area (Å²) in [4.78, 5) is 12.0. The fourth-order valence-corrected chi connectivity index (χ4v) is 3.73. The molecule has 0 atom stereocenters. The number of benzene rings is 1. The summed E-state index contributed by atoms with van der Waals surface area (Å²) in [5.74, 6) is 2.01. The smallest absolute Gasteiger partial charge is 0.224 e. The number of aliphatic hydroxyl groups excluding tert-OH is 1. The van der Waals surface area contributed by atoms with Crippen molar-refractivity contribution >= 4 is 17.7 Å². The van der Waals surface area contributed by atoms with Crippen LogP contribution < -0.4 is 5.32 Å². The number of rotatable bonds is 6. The molecule has 3 nitrogen and oxygen atoms in total. The number of thioether (sulfide) groups is 1. The standard InChI is InChI=1S/C17H23NO2S/c19-14-17(10-12-21-13-11-17)18-16(20)9-5-4-8-15-6-2-1-3-7-15/h1-7,19H,8-14H2,(H,18,20). The van der Waals surface area contributed by atoms with Crippen molar-refractivity contribution in [2.24, 2.45) is 0 Å². The van der Waals surface area contributed by atoms with Gasteiger partial charge in [0.1, 0.15) is 0 Å². The third-order valence-electron chi connectivity index (χ3n) is 3.82. The molecular formula is C17H23NO2S. The van der Waals surface area contributed by atoms with Gasteiger partial charge in [-0.05, 0) is 36.3 Å². The van der Waals surface area contributed by atoms with Crippen molar-refractivity contribution in [1.82, 2.24) is 5.32 Å². The number of allylic oxidation sites excluding steroid dienone is 1. The van der Waals surface area contributed by atoms with Crippen LogP contribution in [0.25, 0.3) is 0 Å². The first kappa shape index (κ1) is 16.1. The maximum atomic E-state index is 12.0. The first-order valence-electron chi connectivity index (χ1n) is 7.43. The second kappa shape index (κ2) is 8.25. The van der Waals surface area contributed by atoms with E-state index in [-0.39, 0.29) is 12.5 Å². The number of carbonyl (C=O) groups is 1. The first-order valence-corrected chi connectivity index (χ1v) is 8.58. The number of hydrogen-bond acceptors (Lipinski definition) is 3. The van der Waals surface area contributed by atoms with Gasteiger partial charge in [-0.3, -0.25) is 4.79 Å². The van der Waals surface area contributed by atoms with E-state index in [0.717, 1.165) is 30.8 Å². The third kappa shape index (κ3) is 5.21. The molecule has 1 aliphatic heterocycles. The Morgan fingerprint density at radius 3 is 2.62 bits per heavy atom. The summed E-state index contributed by atoms with van der Waals surface area (Å²) in [6.45, 7) is 0.0348. The van der Waals surface area contributed by atoms with Crippen LogP contribution in [-0.2, 0) is 11.2 Å². The molecule has 0 aromatic heterocycles. The van der Waals surface area contributed by atoms with Crippen molar-refractivity contribution in [3.05, 3.63) is 48.0 Å². The van der Waals surface area contributed by atoms with Gasteiger partial charge < -0.3 is 10.4 Å². The predicted octanol–water partition coefficient (Wildman–Crippen LogP) is 2.55. The Hall–Kier alpha value is -1.26. The molecule has 0 bridgehead atoms. The average molecular weight is 305 g/mol. The number of aliphatic hydroxyl groups is 1. The van der Waals surface area contributed by atoms with Crippen LogP contribution in [0.2, 0.25) is 0 Å². The SMILES string of the molecule is O=C(CC=CCc1ccccc1)NC1(CO)CCSCC1. The maximum Gasteiger partial charge on any atom is 0.224 e. The summed E-state index contributed by atoms with van der Waals surface area (Å²) >= 11 is 1.88. The van der Waals surface area contributed by atoms with E-state index in [1.54, 1.807) is 0 Å². The monoisotopic (exact) mass is 305 g/mol. The van der Waals surface area contributed by atoms with Gasteiger partial charge in [0.25, 0.3) is 0 Å². The van der Waals surface area contributed by atoms with Gasteiger partial charge in [0.15, 0.2) is 0 Å². The quantitative estimate of drug-likeness (QED) is 0.794. The highest BCUT2D eigenvalue weighted by atomic mass is 32.2. The van der Waals surface area contributed by atoms with E-state index in [1.165, 1.54) is 5.56 Å². The summed E-state index contributed by atoms with van der Waals surface area (Å²) in [5, 5.41) is 12.6. The van der Waals surface area contributed by atoms with Crippen molar-refractivity contribution < 1.29 is 9.90 Å². The fourth-order valence-electron chi connectivity index (χ4n) is 2.46. The van der Waals surface area contributed by atoms with Crippen LogP contribution in [-0.4, -0.2) is 34.7 Å². The van der Waals surface area contributed by atoms with E-state index in [2.05, 4.69) is 17.4 Å². The summed E-state index contributed by atoms with van der Waals surface area (Å²) in [7, 11) is 0. The molecule has 1 aliphatic rings. The van der Waals surface area contributed by atoms with E-state index in [1.807, 2.05) is 42.1 Å². The zero-order chi connectivity index (χ0) is 15.0. The molecule has 4 heteroatoms. The molecular weight excluding hydrogens is 282 g/mol. The molecule has 1 aromatic carbocycles. The molecule has 0 aliphatic carbocycles. The topological polar surface area (TPSA) is 49.3 Å². The van der Waals surface area contributed by atoms with Crippen molar-refractivity contribution in [2.45, 2.75) is 31.2 Å². The fraction of sp³-hybridized carbons (Fsp3) is 0.471. The molecule has 0 unspecified atom stereocenters. The lowest BCUT2D eigenvalue weighted by Gasteiger charge is -2.36. The van der Waals surface area contributed by atoms with E-state index < -0.39 is 5.54 Å². The van der Waals surface area contributed by atoms with Gasteiger partial charge >= 0.3 is 0 Å². The Balaban J connectivity index is 1.76. The van der Waals surface area contributed by atoms with Gasteiger partial charge in [-0.15, -0.1) is 0 Å². The molecule has 1 saturated heterocycles. The van der Waals surface area contributed by atoms with Gasteiger partial charge in [0, 0.05) is 6.42 Å². The van der Waals surface area contributed by atoms with Crippen LogP contribution in [0.1, 0.15) is 24.8 Å². The van der Waals surface area contributed by atoms with E-state index in [9.17, 15) is 9.90 Å².